The van der Waals surface area contributed by atoms with Crippen LogP contribution in [0.5, 0.6) is 0 Å². The molecule has 5 heteroatoms. The van der Waals surface area contributed by atoms with Crippen molar-refractivity contribution >= 4 is 23.6 Å². The zero-order valence-corrected chi connectivity index (χ0v) is 17.7. The van der Waals surface area contributed by atoms with Crippen molar-refractivity contribution < 1.29 is 9.59 Å². The highest BCUT2D eigenvalue weighted by atomic mass is 32.2. The van der Waals surface area contributed by atoms with Gasteiger partial charge in [0.05, 0.1) is 0 Å². The molecule has 0 radical (unpaired) electrons. The molecule has 150 valence electrons. The Bertz CT molecular complexity index is 735. The standard InChI is InChI=1S/C23H30N2O2S/c1-18(2)24-23(27)19(3)25(16-20-10-6-4-7-11-20)22(26)14-15-28-17-21-12-8-5-9-13-21/h4-13,18-19H,14-17H2,1-3H3,(H,24,27). The number of nitrogens with one attached hydrogen (secondary N) is 1. The van der Waals surface area contributed by atoms with Crippen molar-refractivity contribution in [3.8, 4) is 0 Å². The molecule has 0 aliphatic heterocycles. The summed E-state index contributed by atoms with van der Waals surface area (Å²) in [6.07, 6.45) is 0.420. The molecule has 2 rings (SSSR count). The van der Waals surface area contributed by atoms with Crippen LogP contribution in [-0.4, -0.2) is 34.6 Å². The van der Waals surface area contributed by atoms with E-state index in [1.165, 1.54) is 5.56 Å². The highest BCUT2D eigenvalue weighted by molar-refractivity contribution is 7.98. The normalized spacial score (nSPS) is 11.9. The summed E-state index contributed by atoms with van der Waals surface area (Å²) >= 11 is 1.74. The number of amides is 2. The molecule has 0 aliphatic carbocycles. The molecule has 4 nitrogen and oxygen atoms in total. The van der Waals surface area contributed by atoms with E-state index in [-0.39, 0.29) is 17.9 Å². The number of hydrogen-bond acceptors (Lipinski definition) is 3. The summed E-state index contributed by atoms with van der Waals surface area (Å²) in [6, 6.07) is 19.6. The van der Waals surface area contributed by atoms with Crippen molar-refractivity contribution in [1.82, 2.24) is 10.2 Å². The van der Waals surface area contributed by atoms with Gasteiger partial charge in [-0.2, -0.15) is 11.8 Å². The first-order valence-corrected chi connectivity index (χ1v) is 10.9. The van der Waals surface area contributed by atoms with Crippen LogP contribution in [0.4, 0.5) is 0 Å². The molecule has 0 aliphatic rings. The van der Waals surface area contributed by atoms with Gasteiger partial charge in [-0.3, -0.25) is 9.59 Å². The first kappa shape index (κ1) is 22.0. The number of carbonyl (C=O) groups excluding carboxylic acids is 2. The number of hydrogen-bond donors (Lipinski definition) is 1. The van der Waals surface area contributed by atoms with Gasteiger partial charge in [0.2, 0.25) is 11.8 Å². The predicted octanol–water partition coefficient (Wildman–Crippen LogP) is 4.25. The first-order valence-electron chi connectivity index (χ1n) is 9.73. The van der Waals surface area contributed by atoms with Gasteiger partial charge in [0.1, 0.15) is 6.04 Å². The van der Waals surface area contributed by atoms with E-state index in [4.69, 9.17) is 0 Å². The van der Waals surface area contributed by atoms with Gasteiger partial charge in [0, 0.05) is 30.5 Å². The van der Waals surface area contributed by atoms with Gasteiger partial charge in [-0.1, -0.05) is 60.7 Å². The highest BCUT2D eigenvalue weighted by Gasteiger charge is 2.26. The molecule has 0 aromatic heterocycles. The largest absolute Gasteiger partial charge is 0.352 e. The number of carbonyl (C=O) groups is 2. The number of benzene rings is 2. The smallest absolute Gasteiger partial charge is 0.242 e. The molecule has 2 aromatic rings. The summed E-state index contributed by atoms with van der Waals surface area (Å²) in [5, 5.41) is 2.91. The quantitative estimate of drug-likeness (QED) is 0.609. The Balaban J connectivity index is 1.96. The lowest BCUT2D eigenvalue weighted by Crippen LogP contribution is -2.49. The maximum Gasteiger partial charge on any atom is 0.242 e. The lowest BCUT2D eigenvalue weighted by Gasteiger charge is -2.29. The lowest BCUT2D eigenvalue weighted by atomic mass is 10.1. The summed E-state index contributed by atoms with van der Waals surface area (Å²) in [5.74, 6) is 1.51. The number of rotatable bonds is 10. The summed E-state index contributed by atoms with van der Waals surface area (Å²) in [7, 11) is 0. The molecule has 0 bridgehead atoms. The Kier molecular flexibility index (Phi) is 9.08. The summed E-state index contributed by atoms with van der Waals surface area (Å²) < 4.78 is 0. The van der Waals surface area contributed by atoms with Crippen LogP contribution in [-0.2, 0) is 21.9 Å². The Morgan fingerprint density at radius 1 is 0.929 bits per heavy atom. The minimum Gasteiger partial charge on any atom is -0.352 e. The van der Waals surface area contributed by atoms with Crippen LogP contribution in [0.15, 0.2) is 60.7 Å². The molecular weight excluding hydrogens is 368 g/mol. The Hall–Kier alpha value is -2.27. The first-order chi connectivity index (χ1) is 13.5. The van der Waals surface area contributed by atoms with E-state index in [1.54, 1.807) is 23.6 Å². The lowest BCUT2D eigenvalue weighted by molar-refractivity contribution is -0.140. The molecule has 0 spiro atoms. The summed E-state index contributed by atoms with van der Waals surface area (Å²) in [4.78, 5) is 27.1. The van der Waals surface area contributed by atoms with Crippen molar-refractivity contribution in [2.75, 3.05) is 5.75 Å². The van der Waals surface area contributed by atoms with Gasteiger partial charge in [-0.25, -0.2) is 0 Å². The minimum absolute atomic E-state index is 0.0100. The van der Waals surface area contributed by atoms with Crippen LogP contribution in [0.2, 0.25) is 0 Å². The van der Waals surface area contributed by atoms with E-state index < -0.39 is 6.04 Å². The van der Waals surface area contributed by atoms with Crippen LogP contribution in [0, 0.1) is 0 Å². The van der Waals surface area contributed by atoms with E-state index in [9.17, 15) is 9.59 Å². The third-order valence-corrected chi connectivity index (χ3v) is 5.40. The van der Waals surface area contributed by atoms with Crippen LogP contribution >= 0.6 is 11.8 Å². The van der Waals surface area contributed by atoms with Crippen LogP contribution in [0.25, 0.3) is 0 Å². The van der Waals surface area contributed by atoms with E-state index in [0.29, 0.717) is 13.0 Å². The molecule has 0 saturated heterocycles. The maximum atomic E-state index is 12.9. The zero-order valence-electron chi connectivity index (χ0n) is 16.9. The van der Waals surface area contributed by atoms with E-state index in [0.717, 1.165) is 17.1 Å². The molecular formula is C23H30N2O2S. The van der Waals surface area contributed by atoms with Gasteiger partial charge in [-0.15, -0.1) is 0 Å². The van der Waals surface area contributed by atoms with Crippen molar-refractivity contribution in [3.63, 3.8) is 0 Å². The molecule has 1 atom stereocenters. The highest BCUT2D eigenvalue weighted by Crippen LogP contribution is 2.16. The maximum absolute atomic E-state index is 12.9. The monoisotopic (exact) mass is 398 g/mol. The van der Waals surface area contributed by atoms with Crippen molar-refractivity contribution in [2.24, 2.45) is 0 Å². The third kappa shape index (κ3) is 7.39. The van der Waals surface area contributed by atoms with E-state index in [2.05, 4.69) is 17.4 Å². The molecule has 0 fully saturated rings. The average molecular weight is 399 g/mol. The second kappa shape index (κ2) is 11.5. The summed E-state index contributed by atoms with van der Waals surface area (Å²) in [6.45, 7) is 6.09. The van der Waals surface area contributed by atoms with Gasteiger partial charge < -0.3 is 10.2 Å². The Labute approximate surface area is 172 Å². The number of thioether (sulfide) groups is 1. The Morgan fingerprint density at radius 3 is 2.07 bits per heavy atom. The minimum atomic E-state index is -0.505. The zero-order chi connectivity index (χ0) is 20.4. The second-order valence-corrected chi connectivity index (χ2v) is 8.24. The van der Waals surface area contributed by atoms with Crippen molar-refractivity contribution in [2.45, 2.75) is 51.6 Å². The fourth-order valence-corrected chi connectivity index (χ4v) is 3.73. The summed E-state index contributed by atoms with van der Waals surface area (Å²) in [5.41, 5.74) is 2.28. The molecule has 1 unspecified atom stereocenters. The molecule has 2 amide bonds. The SMILES string of the molecule is CC(C)NC(=O)C(C)N(Cc1ccccc1)C(=O)CCSCc1ccccc1. The second-order valence-electron chi connectivity index (χ2n) is 7.13. The van der Waals surface area contributed by atoms with Crippen LogP contribution in [0.1, 0.15) is 38.3 Å². The van der Waals surface area contributed by atoms with Gasteiger partial charge in [0.25, 0.3) is 0 Å². The third-order valence-electron chi connectivity index (χ3n) is 4.37. The topological polar surface area (TPSA) is 49.4 Å². The van der Waals surface area contributed by atoms with Crippen LogP contribution in [0.3, 0.4) is 0 Å². The Morgan fingerprint density at radius 2 is 1.50 bits per heavy atom. The van der Waals surface area contributed by atoms with E-state index in [1.807, 2.05) is 62.4 Å². The fourth-order valence-electron chi connectivity index (χ4n) is 2.84. The van der Waals surface area contributed by atoms with Crippen LogP contribution < -0.4 is 5.32 Å². The molecule has 1 N–H and O–H groups in total. The van der Waals surface area contributed by atoms with Crippen molar-refractivity contribution in [3.05, 3.63) is 71.8 Å². The van der Waals surface area contributed by atoms with Gasteiger partial charge >= 0.3 is 0 Å². The molecule has 0 saturated carbocycles. The number of nitrogens with zero attached hydrogens (tertiary/aromatic N) is 1. The van der Waals surface area contributed by atoms with Gasteiger partial charge in [-0.05, 0) is 31.9 Å². The average Bonchev–Trinajstić information content (AvgIpc) is 2.70. The molecule has 0 heterocycles. The fraction of sp³-hybridized carbons (Fsp3) is 0.391. The predicted molar refractivity (Wildman–Crippen MR) is 117 cm³/mol. The van der Waals surface area contributed by atoms with Crippen molar-refractivity contribution in [1.29, 1.82) is 0 Å². The molecule has 28 heavy (non-hydrogen) atoms. The van der Waals surface area contributed by atoms with Gasteiger partial charge in [0.15, 0.2) is 0 Å². The van der Waals surface area contributed by atoms with E-state index >= 15 is 0 Å². The molecule has 2 aromatic carbocycles.